The molecule has 2 rings (SSSR count). The third-order valence-corrected chi connectivity index (χ3v) is 5.73. The zero-order valence-electron chi connectivity index (χ0n) is 14.6. The molecule has 0 bridgehead atoms. The summed E-state index contributed by atoms with van der Waals surface area (Å²) in [4.78, 5) is 14.1. The van der Waals surface area contributed by atoms with Crippen LogP contribution in [-0.2, 0) is 19.6 Å². The summed E-state index contributed by atoms with van der Waals surface area (Å²) in [6, 6.07) is 6.13. The summed E-state index contributed by atoms with van der Waals surface area (Å²) in [7, 11) is -0.730. The van der Waals surface area contributed by atoms with E-state index in [0.29, 0.717) is 32.1 Å². The highest BCUT2D eigenvalue weighted by Crippen LogP contribution is 2.19. The number of nitrogens with one attached hydrogen (secondary N) is 1. The third-order valence-electron chi connectivity index (χ3n) is 3.92. The van der Waals surface area contributed by atoms with Crippen LogP contribution >= 0.6 is 0 Å². The van der Waals surface area contributed by atoms with Crippen molar-refractivity contribution in [3.05, 3.63) is 24.3 Å². The minimum Gasteiger partial charge on any atom is -0.491 e. The Bertz CT molecular complexity index is 657. The molecular formula is C16H25N3O5S. The Balaban J connectivity index is 1.97. The van der Waals surface area contributed by atoms with Crippen molar-refractivity contribution in [1.82, 2.24) is 14.5 Å². The monoisotopic (exact) mass is 371 g/mol. The van der Waals surface area contributed by atoms with Crippen LogP contribution in [0, 0.1) is 0 Å². The average molecular weight is 371 g/mol. The number of sulfonamides is 1. The van der Waals surface area contributed by atoms with Gasteiger partial charge in [-0.15, -0.1) is 0 Å². The maximum absolute atomic E-state index is 12.6. The number of rotatable bonds is 8. The van der Waals surface area contributed by atoms with Crippen molar-refractivity contribution in [2.24, 2.45) is 0 Å². The summed E-state index contributed by atoms with van der Waals surface area (Å²) in [5, 5.41) is 3.16. The molecule has 1 aliphatic heterocycles. The topological polar surface area (TPSA) is 88.2 Å². The smallest absolute Gasteiger partial charge is 0.243 e. The van der Waals surface area contributed by atoms with Gasteiger partial charge in [0, 0.05) is 40.3 Å². The van der Waals surface area contributed by atoms with Crippen molar-refractivity contribution in [1.29, 1.82) is 0 Å². The maximum Gasteiger partial charge on any atom is 0.243 e. The summed E-state index contributed by atoms with van der Waals surface area (Å²) in [6.45, 7) is 3.33. The Labute approximate surface area is 148 Å². The molecule has 1 N–H and O–H groups in total. The Morgan fingerprint density at radius 3 is 2.44 bits per heavy atom. The fraction of sp³-hybridized carbons (Fsp3) is 0.562. The molecule has 1 heterocycles. The molecule has 1 aliphatic rings. The molecule has 8 nitrogen and oxygen atoms in total. The molecule has 9 heteroatoms. The second-order valence-electron chi connectivity index (χ2n) is 5.70. The first-order chi connectivity index (χ1) is 11.9. The van der Waals surface area contributed by atoms with Crippen molar-refractivity contribution >= 4 is 15.9 Å². The highest BCUT2D eigenvalue weighted by Gasteiger charge is 2.25. The van der Waals surface area contributed by atoms with Gasteiger partial charge in [-0.2, -0.15) is 4.31 Å². The van der Waals surface area contributed by atoms with Gasteiger partial charge in [0.25, 0.3) is 0 Å². The predicted octanol–water partition coefficient (Wildman–Crippen LogP) is -0.236. The van der Waals surface area contributed by atoms with Gasteiger partial charge in [0.05, 0.1) is 18.0 Å². The molecule has 1 aromatic rings. The summed E-state index contributed by atoms with van der Waals surface area (Å²) in [6.07, 6.45) is 0. The van der Waals surface area contributed by atoms with E-state index in [0.717, 1.165) is 17.4 Å². The summed E-state index contributed by atoms with van der Waals surface area (Å²) < 4.78 is 36.6. The van der Waals surface area contributed by atoms with Gasteiger partial charge in [-0.25, -0.2) is 8.42 Å². The van der Waals surface area contributed by atoms with Gasteiger partial charge in [0.15, 0.2) is 0 Å². The van der Waals surface area contributed by atoms with E-state index >= 15 is 0 Å². The fourth-order valence-corrected chi connectivity index (χ4v) is 3.54. The first-order valence-electron chi connectivity index (χ1n) is 8.12. The molecule has 1 saturated heterocycles. The lowest BCUT2D eigenvalue weighted by Gasteiger charge is -2.29. The first-order valence-corrected chi connectivity index (χ1v) is 9.56. The summed E-state index contributed by atoms with van der Waals surface area (Å²) in [5.74, 6) is 0.377. The van der Waals surface area contributed by atoms with Gasteiger partial charge in [-0.3, -0.25) is 4.79 Å². The van der Waals surface area contributed by atoms with Crippen LogP contribution in [0.4, 0.5) is 0 Å². The van der Waals surface area contributed by atoms with Crippen LogP contribution < -0.4 is 10.1 Å². The van der Waals surface area contributed by atoms with E-state index in [1.807, 2.05) is 0 Å². The lowest BCUT2D eigenvalue weighted by molar-refractivity contribution is -0.131. The lowest BCUT2D eigenvalue weighted by atomic mass is 10.3. The van der Waals surface area contributed by atoms with E-state index in [1.54, 1.807) is 24.1 Å². The van der Waals surface area contributed by atoms with Crippen molar-refractivity contribution in [2.45, 2.75) is 4.90 Å². The molecule has 0 aliphatic carbocycles. The van der Waals surface area contributed by atoms with Crippen molar-refractivity contribution in [3.63, 3.8) is 0 Å². The molecule has 1 aromatic carbocycles. The van der Waals surface area contributed by atoms with Gasteiger partial charge in [0.2, 0.25) is 15.9 Å². The minimum absolute atomic E-state index is 0.127. The standard InChI is InChI=1S/C16H25N3O5S/c1-18(13-16(20)19-9-7-17-8-10-19)25(21,22)15-5-3-14(4-6-15)24-12-11-23-2/h3-6,17H,7-13H2,1-2H3. The van der Waals surface area contributed by atoms with Crippen LogP contribution in [0.5, 0.6) is 5.75 Å². The molecule has 0 atom stereocenters. The summed E-state index contributed by atoms with van der Waals surface area (Å²) in [5.41, 5.74) is 0. The molecule has 1 fully saturated rings. The minimum atomic E-state index is -3.72. The second-order valence-corrected chi connectivity index (χ2v) is 7.75. The number of amides is 1. The van der Waals surface area contributed by atoms with E-state index in [2.05, 4.69) is 5.32 Å². The number of carbonyl (C=O) groups excluding carboxylic acids is 1. The largest absolute Gasteiger partial charge is 0.491 e. The number of carbonyl (C=O) groups is 1. The van der Waals surface area contributed by atoms with Crippen molar-refractivity contribution < 1.29 is 22.7 Å². The number of hydrogen-bond acceptors (Lipinski definition) is 6. The highest BCUT2D eigenvalue weighted by atomic mass is 32.2. The first kappa shape index (κ1) is 19.6. The van der Waals surface area contributed by atoms with E-state index in [9.17, 15) is 13.2 Å². The van der Waals surface area contributed by atoms with Crippen LogP contribution in [0.1, 0.15) is 0 Å². The SMILES string of the molecule is COCCOc1ccc(S(=O)(=O)N(C)CC(=O)N2CCNCC2)cc1. The number of piperazine rings is 1. The second kappa shape index (κ2) is 9.14. The van der Waals surface area contributed by atoms with Crippen LogP contribution in [0.2, 0.25) is 0 Å². The van der Waals surface area contributed by atoms with Crippen LogP contribution in [0.3, 0.4) is 0 Å². The van der Waals surface area contributed by atoms with E-state index in [4.69, 9.17) is 9.47 Å². The molecule has 0 aromatic heterocycles. The number of benzene rings is 1. The Morgan fingerprint density at radius 2 is 1.84 bits per heavy atom. The van der Waals surface area contributed by atoms with Crippen LogP contribution in [-0.4, -0.2) is 83.6 Å². The quantitative estimate of drug-likeness (QED) is 0.635. The third kappa shape index (κ3) is 5.40. The molecule has 0 radical (unpaired) electrons. The van der Waals surface area contributed by atoms with E-state index < -0.39 is 10.0 Å². The number of nitrogens with zero attached hydrogens (tertiary/aromatic N) is 2. The Kier molecular flexibility index (Phi) is 7.18. The Morgan fingerprint density at radius 1 is 1.20 bits per heavy atom. The van der Waals surface area contributed by atoms with Crippen LogP contribution in [0.25, 0.3) is 0 Å². The zero-order chi connectivity index (χ0) is 18.3. The van der Waals surface area contributed by atoms with Gasteiger partial charge in [-0.1, -0.05) is 0 Å². The molecule has 25 heavy (non-hydrogen) atoms. The molecule has 0 spiro atoms. The predicted molar refractivity (Wildman–Crippen MR) is 93.1 cm³/mol. The molecule has 140 valence electrons. The number of hydrogen-bond donors (Lipinski definition) is 1. The van der Waals surface area contributed by atoms with Gasteiger partial charge in [0.1, 0.15) is 12.4 Å². The van der Waals surface area contributed by atoms with Crippen molar-refractivity contribution in [3.8, 4) is 5.75 Å². The zero-order valence-corrected chi connectivity index (χ0v) is 15.4. The van der Waals surface area contributed by atoms with E-state index in [1.165, 1.54) is 19.2 Å². The van der Waals surface area contributed by atoms with Crippen molar-refractivity contribution in [2.75, 3.05) is 60.1 Å². The fourth-order valence-electron chi connectivity index (χ4n) is 2.42. The highest BCUT2D eigenvalue weighted by molar-refractivity contribution is 7.89. The number of likely N-dealkylation sites (N-methyl/N-ethyl adjacent to an activating group) is 1. The van der Waals surface area contributed by atoms with Gasteiger partial charge < -0.3 is 19.7 Å². The van der Waals surface area contributed by atoms with Gasteiger partial charge in [-0.05, 0) is 24.3 Å². The number of methoxy groups -OCH3 is 1. The summed E-state index contributed by atoms with van der Waals surface area (Å²) >= 11 is 0. The average Bonchev–Trinajstić information content (AvgIpc) is 2.63. The van der Waals surface area contributed by atoms with Crippen LogP contribution in [0.15, 0.2) is 29.2 Å². The molecule has 0 unspecified atom stereocenters. The van der Waals surface area contributed by atoms with Gasteiger partial charge >= 0.3 is 0 Å². The normalized spacial score (nSPS) is 15.4. The number of ether oxygens (including phenoxy) is 2. The molecule has 1 amide bonds. The molecular weight excluding hydrogens is 346 g/mol. The Hall–Kier alpha value is -1.68. The van der Waals surface area contributed by atoms with E-state index in [-0.39, 0.29) is 17.3 Å². The lowest BCUT2D eigenvalue weighted by Crippen LogP contribution is -2.49. The maximum atomic E-state index is 12.6. The molecule has 0 saturated carbocycles.